The monoisotopic (exact) mass is 509 g/mol. The predicted molar refractivity (Wildman–Crippen MR) is 146 cm³/mol. The highest BCUT2D eigenvalue weighted by Gasteiger charge is 2.47. The molecule has 7 heteroatoms. The molecular weight excluding hydrogens is 482 g/mol. The third-order valence-corrected chi connectivity index (χ3v) is 6.62. The highest BCUT2D eigenvalue weighted by molar-refractivity contribution is 6.51. The van der Waals surface area contributed by atoms with Crippen molar-refractivity contribution in [3.8, 4) is 17.2 Å². The van der Waals surface area contributed by atoms with Gasteiger partial charge < -0.3 is 19.3 Å². The number of fused-ring (bicyclic) bond motifs is 1. The van der Waals surface area contributed by atoms with Crippen LogP contribution in [0.4, 0.5) is 5.69 Å². The first-order valence-corrected chi connectivity index (χ1v) is 12.2. The third kappa shape index (κ3) is 4.32. The smallest absolute Gasteiger partial charge is 0.300 e. The predicted octanol–water partition coefficient (Wildman–Crippen LogP) is 5.88. The van der Waals surface area contributed by atoms with E-state index in [-0.39, 0.29) is 11.3 Å². The Morgan fingerprint density at radius 3 is 2.26 bits per heavy atom. The van der Waals surface area contributed by atoms with Gasteiger partial charge in [0.2, 0.25) is 0 Å². The molecule has 1 saturated heterocycles. The fourth-order valence-electron chi connectivity index (χ4n) is 4.78. The fourth-order valence-corrected chi connectivity index (χ4v) is 4.78. The number of nitrogens with zero attached hydrogens (tertiary/aromatic N) is 1. The number of hydrogen-bond donors (Lipinski definition) is 1. The molecular formula is C31H27NO6. The van der Waals surface area contributed by atoms with E-state index in [1.807, 2.05) is 43.3 Å². The summed E-state index contributed by atoms with van der Waals surface area (Å²) in [6, 6.07) is 24.3. The van der Waals surface area contributed by atoms with Crippen LogP contribution in [0.3, 0.4) is 0 Å². The van der Waals surface area contributed by atoms with Crippen LogP contribution in [0, 0.1) is 0 Å². The Hall–Kier alpha value is -4.78. The van der Waals surface area contributed by atoms with Crippen LogP contribution >= 0.6 is 0 Å². The van der Waals surface area contributed by atoms with Crippen LogP contribution in [0.2, 0.25) is 0 Å². The van der Waals surface area contributed by atoms with E-state index in [0.717, 1.165) is 10.8 Å². The van der Waals surface area contributed by atoms with Crippen LogP contribution in [0.5, 0.6) is 17.2 Å². The van der Waals surface area contributed by atoms with Crippen molar-refractivity contribution in [2.24, 2.45) is 0 Å². The average Bonchev–Trinajstić information content (AvgIpc) is 3.22. The zero-order valence-electron chi connectivity index (χ0n) is 21.3. The van der Waals surface area contributed by atoms with Gasteiger partial charge in [0.25, 0.3) is 11.7 Å². The number of carbonyl (C=O) groups excluding carboxylic acids is 2. The van der Waals surface area contributed by atoms with Crippen molar-refractivity contribution < 1.29 is 28.9 Å². The van der Waals surface area contributed by atoms with E-state index in [4.69, 9.17) is 14.2 Å². The molecule has 5 rings (SSSR count). The SMILES string of the molecule is CCOc1cc(C2/C(=C(\O)c3ccc4ccccc4c3)C(=O)C(=O)N2c2ccc(OC)cc2)ccc1OC. The molecule has 0 aromatic heterocycles. The molecule has 4 aromatic carbocycles. The second-order valence-electron chi connectivity index (χ2n) is 8.77. The Labute approximate surface area is 220 Å². The van der Waals surface area contributed by atoms with Gasteiger partial charge in [0.05, 0.1) is 32.4 Å². The summed E-state index contributed by atoms with van der Waals surface area (Å²) in [5.74, 6) is -0.156. The highest BCUT2D eigenvalue weighted by Crippen LogP contribution is 2.44. The van der Waals surface area contributed by atoms with Gasteiger partial charge in [-0.05, 0) is 65.7 Å². The lowest BCUT2D eigenvalue weighted by Crippen LogP contribution is -2.29. The lowest BCUT2D eigenvalue weighted by Gasteiger charge is -2.26. The molecule has 0 bridgehead atoms. The number of benzene rings is 4. The highest BCUT2D eigenvalue weighted by atomic mass is 16.5. The van der Waals surface area contributed by atoms with Crippen molar-refractivity contribution >= 4 is 33.9 Å². The van der Waals surface area contributed by atoms with E-state index in [0.29, 0.717) is 40.7 Å². The van der Waals surface area contributed by atoms with Crippen LogP contribution in [0.1, 0.15) is 24.1 Å². The molecule has 1 amide bonds. The second kappa shape index (κ2) is 10.3. The van der Waals surface area contributed by atoms with E-state index in [1.165, 1.54) is 4.90 Å². The molecule has 0 saturated carbocycles. The molecule has 1 heterocycles. The molecule has 0 radical (unpaired) electrons. The van der Waals surface area contributed by atoms with E-state index in [2.05, 4.69) is 0 Å². The van der Waals surface area contributed by atoms with Gasteiger partial charge in [0, 0.05) is 11.3 Å². The van der Waals surface area contributed by atoms with E-state index in [9.17, 15) is 14.7 Å². The topological polar surface area (TPSA) is 85.3 Å². The molecule has 1 atom stereocenters. The van der Waals surface area contributed by atoms with Gasteiger partial charge in [-0.3, -0.25) is 14.5 Å². The first kappa shape index (κ1) is 24.9. The quantitative estimate of drug-likeness (QED) is 0.190. The molecule has 192 valence electrons. The Balaban J connectivity index is 1.72. The van der Waals surface area contributed by atoms with Gasteiger partial charge in [-0.1, -0.05) is 42.5 Å². The van der Waals surface area contributed by atoms with Crippen LogP contribution in [0.25, 0.3) is 16.5 Å². The summed E-state index contributed by atoms with van der Waals surface area (Å²) in [6.45, 7) is 2.25. The maximum atomic E-state index is 13.5. The summed E-state index contributed by atoms with van der Waals surface area (Å²) in [7, 11) is 3.10. The van der Waals surface area contributed by atoms with Gasteiger partial charge in [-0.15, -0.1) is 0 Å². The van der Waals surface area contributed by atoms with Crippen molar-refractivity contribution in [3.05, 3.63) is 102 Å². The molecule has 7 nitrogen and oxygen atoms in total. The number of carbonyl (C=O) groups is 2. The van der Waals surface area contributed by atoms with Gasteiger partial charge in [-0.2, -0.15) is 0 Å². The molecule has 1 unspecified atom stereocenters. The number of amides is 1. The number of rotatable bonds is 7. The van der Waals surface area contributed by atoms with E-state index < -0.39 is 17.7 Å². The van der Waals surface area contributed by atoms with Crippen molar-refractivity contribution in [2.45, 2.75) is 13.0 Å². The van der Waals surface area contributed by atoms with Crippen LogP contribution in [-0.2, 0) is 9.59 Å². The molecule has 1 aliphatic heterocycles. The summed E-state index contributed by atoms with van der Waals surface area (Å²) in [4.78, 5) is 28.4. The Morgan fingerprint density at radius 1 is 0.842 bits per heavy atom. The van der Waals surface area contributed by atoms with Crippen molar-refractivity contribution in [1.29, 1.82) is 0 Å². The molecule has 1 aliphatic rings. The zero-order valence-corrected chi connectivity index (χ0v) is 21.3. The maximum Gasteiger partial charge on any atom is 0.300 e. The van der Waals surface area contributed by atoms with Gasteiger partial charge >= 0.3 is 0 Å². The van der Waals surface area contributed by atoms with Crippen LogP contribution in [-0.4, -0.2) is 37.6 Å². The minimum atomic E-state index is -0.903. The molecule has 0 aliphatic carbocycles. The first-order chi connectivity index (χ1) is 18.5. The van der Waals surface area contributed by atoms with Crippen molar-refractivity contribution in [1.82, 2.24) is 0 Å². The number of aliphatic hydroxyl groups is 1. The Kier molecular flexibility index (Phi) is 6.75. The van der Waals surface area contributed by atoms with Crippen LogP contribution < -0.4 is 19.1 Å². The van der Waals surface area contributed by atoms with Crippen LogP contribution in [0.15, 0.2) is 90.5 Å². The standard InChI is InChI=1S/C31H27NO6/c1-4-38-26-18-21(11-16-25(26)37-3)28-27(29(33)22-10-9-19-7-5-6-8-20(19)17-22)30(34)31(35)32(28)23-12-14-24(36-2)15-13-23/h5-18,28,33H,4H2,1-3H3/b29-27+. The van der Waals surface area contributed by atoms with Gasteiger partial charge in [0.15, 0.2) is 11.5 Å². The summed E-state index contributed by atoms with van der Waals surface area (Å²) in [5, 5.41) is 13.4. The minimum Gasteiger partial charge on any atom is -0.507 e. The molecule has 38 heavy (non-hydrogen) atoms. The number of ketones is 1. The molecule has 1 fully saturated rings. The zero-order chi connectivity index (χ0) is 26.8. The summed E-state index contributed by atoms with van der Waals surface area (Å²) in [6.07, 6.45) is 0. The molecule has 0 spiro atoms. The normalized spacial score (nSPS) is 16.6. The number of aliphatic hydroxyl groups excluding tert-OH is 1. The minimum absolute atomic E-state index is 0.00582. The summed E-state index contributed by atoms with van der Waals surface area (Å²) in [5.41, 5.74) is 1.52. The Morgan fingerprint density at radius 2 is 1.58 bits per heavy atom. The third-order valence-electron chi connectivity index (χ3n) is 6.62. The summed E-state index contributed by atoms with van der Waals surface area (Å²) < 4.78 is 16.5. The van der Waals surface area contributed by atoms with Gasteiger partial charge in [-0.25, -0.2) is 0 Å². The lowest BCUT2D eigenvalue weighted by atomic mass is 9.94. The molecule has 1 N–H and O–H groups in total. The largest absolute Gasteiger partial charge is 0.507 e. The van der Waals surface area contributed by atoms with Crippen molar-refractivity contribution in [3.63, 3.8) is 0 Å². The number of hydrogen-bond acceptors (Lipinski definition) is 6. The van der Waals surface area contributed by atoms with E-state index >= 15 is 0 Å². The molecule has 4 aromatic rings. The number of anilines is 1. The van der Waals surface area contributed by atoms with E-state index in [1.54, 1.807) is 62.8 Å². The average molecular weight is 510 g/mol. The van der Waals surface area contributed by atoms with Gasteiger partial charge in [0.1, 0.15) is 11.5 Å². The number of Topliss-reactive ketones (excluding diaryl/α,β-unsaturated/α-hetero) is 1. The van der Waals surface area contributed by atoms with Crippen molar-refractivity contribution in [2.75, 3.05) is 25.7 Å². The first-order valence-electron chi connectivity index (χ1n) is 12.2. The Bertz CT molecular complexity index is 1560. The second-order valence-corrected chi connectivity index (χ2v) is 8.77. The number of ether oxygens (including phenoxy) is 3. The summed E-state index contributed by atoms with van der Waals surface area (Å²) >= 11 is 0. The number of methoxy groups -OCH3 is 2. The fraction of sp³-hybridized carbons (Fsp3) is 0.161. The maximum absolute atomic E-state index is 13.5. The lowest BCUT2D eigenvalue weighted by molar-refractivity contribution is -0.132.